The summed E-state index contributed by atoms with van der Waals surface area (Å²) < 4.78 is 14.5. The minimum Gasteiger partial charge on any atom is -0.291 e. The van der Waals surface area contributed by atoms with E-state index in [4.69, 9.17) is 0 Å². The third-order valence-electron chi connectivity index (χ3n) is 1.64. The zero-order valence-corrected chi connectivity index (χ0v) is 6.55. The number of benzene rings is 1. The molecule has 0 unspecified atom stereocenters. The molecule has 2 aromatic rings. The van der Waals surface area contributed by atoms with Crippen molar-refractivity contribution >= 4 is 23.7 Å². The standard InChI is InChI=1S/C8H6FNS/c9-7-3-1-2-6-4-5-10(11)8(6)7/h1-5,11H. The molecule has 0 saturated heterocycles. The van der Waals surface area contributed by atoms with Crippen LogP contribution in [0.1, 0.15) is 0 Å². The highest BCUT2D eigenvalue weighted by atomic mass is 32.1. The van der Waals surface area contributed by atoms with Gasteiger partial charge >= 0.3 is 0 Å². The van der Waals surface area contributed by atoms with Crippen LogP contribution in [0.15, 0.2) is 30.5 Å². The van der Waals surface area contributed by atoms with Crippen LogP contribution < -0.4 is 0 Å². The summed E-state index contributed by atoms with van der Waals surface area (Å²) in [4.78, 5) is 0. The molecule has 0 spiro atoms. The summed E-state index contributed by atoms with van der Waals surface area (Å²) in [6.07, 6.45) is 1.72. The molecule has 0 aliphatic rings. The first-order chi connectivity index (χ1) is 5.29. The number of hydrogen-bond donors (Lipinski definition) is 1. The second kappa shape index (κ2) is 2.27. The molecule has 0 radical (unpaired) electrons. The molecule has 0 saturated carbocycles. The molecule has 0 aliphatic carbocycles. The fraction of sp³-hybridized carbons (Fsp3) is 0. The lowest BCUT2D eigenvalue weighted by molar-refractivity contribution is 0.636. The van der Waals surface area contributed by atoms with Crippen molar-refractivity contribution in [3.8, 4) is 0 Å². The lowest BCUT2D eigenvalue weighted by atomic mass is 10.2. The van der Waals surface area contributed by atoms with Gasteiger partial charge in [0.15, 0.2) is 0 Å². The third kappa shape index (κ3) is 0.922. The van der Waals surface area contributed by atoms with E-state index < -0.39 is 0 Å². The number of para-hydroxylation sites is 1. The molecule has 0 bridgehead atoms. The lowest BCUT2D eigenvalue weighted by Gasteiger charge is -1.94. The van der Waals surface area contributed by atoms with Gasteiger partial charge in [-0.2, -0.15) is 0 Å². The summed E-state index contributed by atoms with van der Waals surface area (Å²) in [7, 11) is 0. The van der Waals surface area contributed by atoms with Gasteiger partial charge < -0.3 is 0 Å². The Hall–Kier alpha value is -0.960. The van der Waals surface area contributed by atoms with Gasteiger partial charge in [-0.3, -0.25) is 3.97 Å². The topological polar surface area (TPSA) is 4.93 Å². The molecule has 0 aliphatic heterocycles. The Morgan fingerprint density at radius 2 is 2.09 bits per heavy atom. The molecule has 1 aromatic carbocycles. The Kier molecular flexibility index (Phi) is 1.39. The second-order valence-corrected chi connectivity index (χ2v) is 2.77. The largest absolute Gasteiger partial charge is 0.291 e. The van der Waals surface area contributed by atoms with Gasteiger partial charge in [0.25, 0.3) is 0 Å². The van der Waals surface area contributed by atoms with Crippen molar-refractivity contribution in [2.75, 3.05) is 0 Å². The molecule has 1 aromatic heterocycles. The second-order valence-electron chi connectivity index (χ2n) is 2.34. The molecular weight excluding hydrogens is 161 g/mol. The van der Waals surface area contributed by atoms with E-state index in [-0.39, 0.29) is 5.82 Å². The van der Waals surface area contributed by atoms with Gasteiger partial charge in [-0.25, -0.2) is 4.39 Å². The summed E-state index contributed by atoms with van der Waals surface area (Å²) in [6, 6.07) is 6.79. The summed E-state index contributed by atoms with van der Waals surface area (Å²) in [5, 5.41) is 0.875. The van der Waals surface area contributed by atoms with E-state index in [2.05, 4.69) is 12.8 Å². The fourth-order valence-corrected chi connectivity index (χ4v) is 1.41. The fourth-order valence-electron chi connectivity index (χ4n) is 1.13. The molecule has 0 N–H and O–H groups in total. The van der Waals surface area contributed by atoms with Gasteiger partial charge in [-0.15, -0.1) is 0 Å². The highest BCUT2D eigenvalue weighted by Gasteiger charge is 2.02. The smallest absolute Gasteiger partial charge is 0.148 e. The minimum absolute atomic E-state index is 0.234. The minimum atomic E-state index is -0.234. The molecule has 2 rings (SSSR count). The molecular formula is C8H6FNS. The normalized spacial score (nSPS) is 10.7. The van der Waals surface area contributed by atoms with Gasteiger partial charge in [-0.05, 0) is 12.1 Å². The Bertz CT molecular complexity index is 394. The Morgan fingerprint density at radius 3 is 2.82 bits per heavy atom. The van der Waals surface area contributed by atoms with E-state index >= 15 is 0 Å². The zero-order chi connectivity index (χ0) is 7.84. The van der Waals surface area contributed by atoms with E-state index in [0.717, 1.165) is 5.39 Å². The van der Waals surface area contributed by atoms with Crippen LogP contribution in [0.2, 0.25) is 0 Å². The van der Waals surface area contributed by atoms with Crippen LogP contribution in [0.25, 0.3) is 10.9 Å². The first-order valence-electron chi connectivity index (χ1n) is 3.24. The maximum atomic E-state index is 13.0. The molecule has 1 heterocycles. The Labute approximate surface area is 69.0 Å². The first-order valence-corrected chi connectivity index (χ1v) is 3.64. The van der Waals surface area contributed by atoms with Gasteiger partial charge in [0.05, 0.1) is 5.52 Å². The Morgan fingerprint density at radius 1 is 1.27 bits per heavy atom. The van der Waals surface area contributed by atoms with Crippen molar-refractivity contribution in [1.29, 1.82) is 0 Å². The van der Waals surface area contributed by atoms with Crippen LogP contribution >= 0.6 is 12.8 Å². The maximum Gasteiger partial charge on any atom is 0.148 e. The number of halogens is 1. The van der Waals surface area contributed by atoms with Crippen molar-refractivity contribution in [3.05, 3.63) is 36.3 Å². The molecule has 0 amide bonds. The predicted octanol–water partition coefficient (Wildman–Crippen LogP) is 2.47. The number of fused-ring (bicyclic) bond motifs is 1. The maximum absolute atomic E-state index is 13.0. The molecule has 56 valence electrons. The molecule has 3 heteroatoms. The Balaban J connectivity index is 2.96. The van der Waals surface area contributed by atoms with Crippen LogP contribution in [0.3, 0.4) is 0 Å². The zero-order valence-electron chi connectivity index (χ0n) is 5.66. The highest BCUT2D eigenvalue weighted by molar-refractivity contribution is 7.78. The van der Waals surface area contributed by atoms with Crippen LogP contribution in [0.5, 0.6) is 0 Å². The lowest BCUT2D eigenvalue weighted by Crippen LogP contribution is -1.81. The van der Waals surface area contributed by atoms with Crippen LogP contribution in [-0.4, -0.2) is 3.97 Å². The van der Waals surface area contributed by atoms with E-state index in [1.165, 1.54) is 10.0 Å². The SMILES string of the molecule is Fc1cccc2ccn(S)c12. The van der Waals surface area contributed by atoms with Gasteiger partial charge in [0.1, 0.15) is 5.82 Å². The van der Waals surface area contributed by atoms with Crippen LogP contribution in [0.4, 0.5) is 4.39 Å². The number of rotatable bonds is 0. The van der Waals surface area contributed by atoms with E-state index in [9.17, 15) is 4.39 Å². The molecule has 0 atom stereocenters. The summed E-state index contributed by atoms with van der Waals surface area (Å²) in [6.45, 7) is 0. The van der Waals surface area contributed by atoms with Gasteiger partial charge in [-0.1, -0.05) is 24.9 Å². The van der Waals surface area contributed by atoms with Crippen molar-refractivity contribution in [2.24, 2.45) is 0 Å². The quantitative estimate of drug-likeness (QED) is 0.575. The molecule has 1 nitrogen and oxygen atoms in total. The monoisotopic (exact) mass is 167 g/mol. The predicted molar refractivity (Wildman–Crippen MR) is 46.3 cm³/mol. The average Bonchev–Trinajstić information content (AvgIpc) is 2.34. The van der Waals surface area contributed by atoms with E-state index in [0.29, 0.717) is 5.52 Å². The van der Waals surface area contributed by atoms with Crippen molar-refractivity contribution in [2.45, 2.75) is 0 Å². The van der Waals surface area contributed by atoms with Crippen molar-refractivity contribution in [1.82, 2.24) is 3.97 Å². The summed E-state index contributed by atoms with van der Waals surface area (Å²) in [5.74, 6) is -0.234. The molecule has 11 heavy (non-hydrogen) atoms. The summed E-state index contributed by atoms with van der Waals surface area (Å²) >= 11 is 4.05. The van der Waals surface area contributed by atoms with Crippen LogP contribution in [-0.2, 0) is 0 Å². The number of thiol groups is 1. The van der Waals surface area contributed by atoms with E-state index in [1.54, 1.807) is 12.3 Å². The van der Waals surface area contributed by atoms with Crippen molar-refractivity contribution in [3.63, 3.8) is 0 Å². The van der Waals surface area contributed by atoms with Crippen LogP contribution in [0, 0.1) is 5.82 Å². The van der Waals surface area contributed by atoms with Gasteiger partial charge in [0, 0.05) is 11.6 Å². The number of aromatic nitrogens is 1. The van der Waals surface area contributed by atoms with E-state index in [1.807, 2.05) is 12.1 Å². The number of nitrogens with zero attached hydrogens (tertiary/aromatic N) is 1. The third-order valence-corrected chi connectivity index (χ3v) is 1.98. The summed E-state index contributed by atoms with van der Waals surface area (Å²) in [5.41, 5.74) is 0.538. The first kappa shape index (κ1) is 6.73. The highest BCUT2D eigenvalue weighted by Crippen LogP contribution is 2.19. The average molecular weight is 167 g/mol. The molecule has 0 fully saturated rings. The van der Waals surface area contributed by atoms with Crippen molar-refractivity contribution < 1.29 is 4.39 Å². The van der Waals surface area contributed by atoms with Gasteiger partial charge in [0.2, 0.25) is 0 Å². The number of hydrogen-bond acceptors (Lipinski definition) is 1.